The predicted molar refractivity (Wildman–Crippen MR) is 51.0 cm³/mol. The molecule has 1 saturated heterocycles. The number of rotatable bonds is 2. The smallest absolute Gasteiger partial charge is 0.111 e. The zero-order chi connectivity index (χ0) is 8.39. The summed E-state index contributed by atoms with van der Waals surface area (Å²) in [6, 6.07) is 0. The second-order valence-corrected chi connectivity index (χ2v) is 4.03. The molecule has 0 bridgehead atoms. The highest BCUT2D eigenvalue weighted by molar-refractivity contribution is 7.10. The summed E-state index contributed by atoms with van der Waals surface area (Å²) in [4.78, 5) is 2.43. The molecule has 2 N–H and O–H groups in total. The van der Waals surface area contributed by atoms with Crippen LogP contribution in [0.5, 0.6) is 0 Å². The fraction of sp³-hybridized carbons (Fsp3) is 0.625. The first kappa shape index (κ1) is 8.01. The van der Waals surface area contributed by atoms with E-state index in [4.69, 9.17) is 5.73 Å². The minimum absolute atomic E-state index is 0.877. The Morgan fingerprint density at radius 3 is 2.83 bits per heavy atom. The Labute approximate surface area is 76.4 Å². The van der Waals surface area contributed by atoms with Crippen molar-refractivity contribution in [3.05, 3.63) is 11.8 Å². The Balaban J connectivity index is 1.98. The van der Waals surface area contributed by atoms with Gasteiger partial charge in [-0.1, -0.05) is 0 Å². The lowest BCUT2D eigenvalue weighted by molar-refractivity contribution is 0.332. The molecule has 1 fully saturated rings. The average Bonchev–Trinajstić information content (AvgIpc) is 2.65. The molecule has 1 aliphatic rings. The monoisotopic (exact) mass is 183 g/mol. The van der Waals surface area contributed by atoms with Crippen molar-refractivity contribution in [3.63, 3.8) is 0 Å². The van der Waals surface area contributed by atoms with Gasteiger partial charge < -0.3 is 5.73 Å². The largest absolute Gasteiger partial charge is 0.389 e. The predicted octanol–water partition coefficient (Wildman–Crippen LogP) is 1.32. The van der Waals surface area contributed by atoms with E-state index < -0.39 is 0 Å². The van der Waals surface area contributed by atoms with Crippen LogP contribution in [0.3, 0.4) is 0 Å². The van der Waals surface area contributed by atoms with Crippen molar-refractivity contribution in [2.24, 2.45) is 0 Å². The zero-order valence-corrected chi connectivity index (χ0v) is 7.81. The summed E-state index contributed by atoms with van der Waals surface area (Å²) in [5, 5.41) is 0.877. The highest BCUT2D eigenvalue weighted by Gasteiger charge is 2.13. The molecule has 0 saturated carbocycles. The molecule has 2 rings (SSSR count). The SMILES string of the molecule is Nc1sncc1CN1CCCC1. The molecule has 0 amide bonds. The lowest BCUT2D eigenvalue weighted by Crippen LogP contribution is -2.18. The van der Waals surface area contributed by atoms with E-state index >= 15 is 0 Å². The van der Waals surface area contributed by atoms with Gasteiger partial charge in [0.05, 0.1) is 0 Å². The maximum Gasteiger partial charge on any atom is 0.111 e. The summed E-state index contributed by atoms with van der Waals surface area (Å²) in [5.74, 6) is 0. The molecule has 0 unspecified atom stereocenters. The van der Waals surface area contributed by atoms with Crippen molar-refractivity contribution in [2.75, 3.05) is 18.8 Å². The molecule has 12 heavy (non-hydrogen) atoms. The number of nitrogen functional groups attached to an aromatic ring is 1. The second kappa shape index (κ2) is 3.41. The molecule has 0 atom stereocenters. The van der Waals surface area contributed by atoms with Crippen molar-refractivity contribution in [3.8, 4) is 0 Å². The van der Waals surface area contributed by atoms with E-state index in [9.17, 15) is 0 Å². The van der Waals surface area contributed by atoms with Crippen LogP contribution in [-0.2, 0) is 6.54 Å². The molecule has 4 heteroatoms. The van der Waals surface area contributed by atoms with Gasteiger partial charge in [0.15, 0.2) is 0 Å². The van der Waals surface area contributed by atoms with E-state index in [1.54, 1.807) is 0 Å². The molecule has 1 aromatic heterocycles. The van der Waals surface area contributed by atoms with Gasteiger partial charge in [-0.05, 0) is 37.5 Å². The van der Waals surface area contributed by atoms with Gasteiger partial charge in [0.2, 0.25) is 0 Å². The third-order valence-corrected chi connectivity index (χ3v) is 2.94. The molecule has 2 heterocycles. The van der Waals surface area contributed by atoms with Crippen LogP contribution in [-0.4, -0.2) is 22.4 Å². The van der Waals surface area contributed by atoms with Crippen molar-refractivity contribution in [1.82, 2.24) is 9.27 Å². The number of hydrogen-bond donors (Lipinski definition) is 1. The first-order chi connectivity index (χ1) is 5.86. The number of nitrogens with two attached hydrogens (primary N) is 1. The van der Waals surface area contributed by atoms with Crippen LogP contribution in [0.15, 0.2) is 6.20 Å². The standard InChI is InChI=1S/C8H13N3S/c9-8-7(5-10-12-8)6-11-3-1-2-4-11/h5H,1-4,6,9H2. The van der Waals surface area contributed by atoms with Gasteiger partial charge in [0.25, 0.3) is 0 Å². The molecule has 3 nitrogen and oxygen atoms in total. The van der Waals surface area contributed by atoms with E-state index in [2.05, 4.69) is 9.27 Å². The van der Waals surface area contributed by atoms with Crippen LogP contribution in [0.1, 0.15) is 18.4 Å². The highest BCUT2D eigenvalue weighted by Crippen LogP contribution is 2.19. The average molecular weight is 183 g/mol. The van der Waals surface area contributed by atoms with Crippen LogP contribution < -0.4 is 5.73 Å². The molecule has 0 aromatic carbocycles. The Bertz CT molecular complexity index is 253. The molecule has 0 aliphatic carbocycles. The van der Waals surface area contributed by atoms with Crippen LogP contribution in [0.25, 0.3) is 0 Å². The summed E-state index contributed by atoms with van der Waals surface area (Å²) in [7, 11) is 0. The van der Waals surface area contributed by atoms with E-state index in [0.29, 0.717) is 0 Å². The molecule has 1 aromatic rings. The van der Waals surface area contributed by atoms with Gasteiger partial charge in [-0.15, -0.1) is 0 Å². The van der Waals surface area contributed by atoms with Gasteiger partial charge >= 0.3 is 0 Å². The summed E-state index contributed by atoms with van der Waals surface area (Å²) in [6.45, 7) is 3.42. The molecular weight excluding hydrogens is 170 g/mol. The van der Waals surface area contributed by atoms with E-state index in [-0.39, 0.29) is 0 Å². The van der Waals surface area contributed by atoms with Crippen molar-refractivity contribution in [2.45, 2.75) is 19.4 Å². The van der Waals surface area contributed by atoms with Gasteiger partial charge in [-0.2, -0.15) is 4.37 Å². The second-order valence-electron chi connectivity index (χ2n) is 3.20. The van der Waals surface area contributed by atoms with Crippen LogP contribution in [0.4, 0.5) is 5.00 Å². The third kappa shape index (κ3) is 1.59. The topological polar surface area (TPSA) is 42.1 Å². The number of anilines is 1. The number of aromatic nitrogens is 1. The van der Waals surface area contributed by atoms with Gasteiger partial charge in [0.1, 0.15) is 5.00 Å². The quantitative estimate of drug-likeness (QED) is 0.752. The third-order valence-electron chi connectivity index (χ3n) is 2.27. The minimum atomic E-state index is 0.877. The summed E-state index contributed by atoms with van der Waals surface area (Å²) >= 11 is 1.39. The Morgan fingerprint density at radius 1 is 1.50 bits per heavy atom. The summed E-state index contributed by atoms with van der Waals surface area (Å²) in [5.41, 5.74) is 6.94. The normalized spacial score (nSPS) is 18.7. The number of likely N-dealkylation sites (tertiary alicyclic amines) is 1. The van der Waals surface area contributed by atoms with Crippen molar-refractivity contribution >= 4 is 16.5 Å². The van der Waals surface area contributed by atoms with E-state index in [1.165, 1.54) is 43.0 Å². The maximum atomic E-state index is 5.75. The number of nitrogens with zero attached hydrogens (tertiary/aromatic N) is 2. The van der Waals surface area contributed by atoms with Gasteiger partial charge in [-0.25, -0.2) is 0 Å². The summed E-state index contributed by atoms with van der Waals surface area (Å²) < 4.78 is 4.05. The van der Waals surface area contributed by atoms with E-state index in [0.717, 1.165) is 11.5 Å². The molecule has 0 spiro atoms. The fourth-order valence-corrected chi connectivity index (χ4v) is 2.10. The Morgan fingerprint density at radius 2 is 2.25 bits per heavy atom. The first-order valence-corrected chi connectivity index (χ1v) is 5.05. The molecule has 0 radical (unpaired) electrons. The fourth-order valence-electron chi connectivity index (χ4n) is 1.57. The lowest BCUT2D eigenvalue weighted by Gasteiger charge is -2.12. The maximum absolute atomic E-state index is 5.75. The van der Waals surface area contributed by atoms with E-state index in [1.807, 2.05) is 6.20 Å². The first-order valence-electron chi connectivity index (χ1n) is 4.27. The molecular formula is C8H13N3S. The Kier molecular flexibility index (Phi) is 2.28. The van der Waals surface area contributed by atoms with Crippen molar-refractivity contribution < 1.29 is 0 Å². The van der Waals surface area contributed by atoms with Gasteiger partial charge in [-0.3, -0.25) is 4.90 Å². The summed E-state index contributed by atoms with van der Waals surface area (Å²) in [6.07, 6.45) is 4.55. The van der Waals surface area contributed by atoms with Gasteiger partial charge in [0, 0.05) is 18.3 Å². The van der Waals surface area contributed by atoms with Crippen LogP contribution >= 0.6 is 11.5 Å². The zero-order valence-electron chi connectivity index (χ0n) is 6.99. The lowest BCUT2D eigenvalue weighted by atomic mass is 10.3. The number of hydrogen-bond acceptors (Lipinski definition) is 4. The van der Waals surface area contributed by atoms with Crippen LogP contribution in [0, 0.1) is 0 Å². The minimum Gasteiger partial charge on any atom is -0.389 e. The Hall–Kier alpha value is -0.610. The molecule has 1 aliphatic heterocycles. The van der Waals surface area contributed by atoms with Crippen LogP contribution in [0.2, 0.25) is 0 Å². The molecule has 66 valence electrons. The van der Waals surface area contributed by atoms with Crippen molar-refractivity contribution in [1.29, 1.82) is 0 Å². The highest BCUT2D eigenvalue weighted by atomic mass is 32.1.